The number of benzene rings is 1. The third-order valence-electron chi connectivity index (χ3n) is 2.64. The van der Waals surface area contributed by atoms with E-state index >= 15 is 0 Å². The molecule has 0 heterocycles. The summed E-state index contributed by atoms with van der Waals surface area (Å²) >= 11 is 0. The number of hydrogen-bond donors (Lipinski definition) is 1. The van der Waals surface area contributed by atoms with Gasteiger partial charge in [0, 0.05) is 12.6 Å². The molecule has 1 aromatic rings. The minimum atomic E-state index is -0.452. The molecule has 1 aromatic carbocycles. The maximum Gasteiger partial charge on any atom is 0.308 e. The molecular weight excluding hydrogens is 250 g/mol. The van der Waals surface area contributed by atoms with E-state index in [1.54, 1.807) is 0 Å². The van der Waals surface area contributed by atoms with Gasteiger partial charge < -0.3 is 10.1 Å². The first-order valence-corrected chi connectivity index (χ1v) is 6.92. The first kappa shape index (κ1) is 16.4. The van der Waals surface area contributed by atoms with Gasteiger partial charge in [0.2, 0.25) is 0 Å². The lowest BCUT2D eigenvalue weighted by Crippen LogP contribution is -2.29. The summed E-state index contributed by atoms with van der Waals surface area (Å²) in [6.07, 6.45) is 0.314. The number of carbonyl (C=O) groups is 1. The molecule has 1 rings (SSSR count). The lowest BCUT2D eigenvalue weighted by atomic mass is 10.0. The fraction of sp³-hybridized carbons (Fsp3) is 0.471. The molecule has 0 saturated carbocycles. The standard InChI is InChI=1S/C17H25NO2/c1-13(2)12-18-15(14-9-7-6-8-10-14)11-16(19)20-17(3,4)5/h6-10,15,18H,1,11-12H2,2-5H3/t15-/m1/s1. The van der Waals surface area contributed by atoms with Crippen LogP contribution in [0.25, 0.3) is 0 Å². The Balaban J connectivity index is 2.73. The van der Waals surface area contributed by atoms with Crippen LogP contribution in [0.3, 0.4) is 0 Å². The Kier molecular flexibility index (Phi) is 5.96. The van der Waals surface area contributed by atoms with E-state index in [4.69, 9.17) is 4.74 Å². The largest absolute Gasteiger partial charge is 0.460 e. The monoisotopic (exact) mass is 275 g/mol. The average Bonchev–Trinajstić information content (AvgIpc) is 2.33. The van der Waals surface area contributed by atoms with E-state index < -0.39 is 5.60 Å². The van der Waals surface area contributed by atoms with Crippen molar-refractivity contribution in [3.63, 3.8) is 0 Å². The molecule has 0 amide bonds. The summed E-state index contributed by atoms with van der Waals surface area (Å²) in [5.41, 5.74) is 1.67. The third kappa shape index (κ3) is 6.53. The number of hydrogen-bond acceptors (Lipinski definition) is 3. The topological polar surface area (TPSA) is 38.3 Å². The molecular formula is C17H25NO2. The molecule has 0 unspecified atom stereocenters. The summed E-state index contributed by atoms with van der Waals surface area (Å²) < 4.78 is 5.40. The van der Waals surface area contributed by atoms with Crippen molar-refractivity contribution in [3.8, 4) is 0 Å². The van der Waals surface area contributed by atoms with E-state index in [0.29, 0.717) is 13.0 Å². The van der Waals surface area contributed by atoms with Gasteiger partial charge >= 0.3 is 5.97 Å². The second kappa shape index (κ2) is 7.25. The first-order valence-electron chi connectivity index (χ1n) is 6.92. The van der Waals surface area contributed by atoms with Gasteiger partial charge in [0.05, 0.1) is 6.42 Å². The molecule has 0 aliphatic carbocycles. The SMILES string of the molecule is C=C(C)CN[C@H](CC(=O)OC(C)(C)C)c1ccccc1. The maximum absolute atomic E-state index is 12.0. The summed E-state index contributed by atoms with van der Waals surface area (Å²) in [6.45, 7) is 12.2. The van der Waals surface area contributed by atoms with Gasteiger partial charge in [-0.15, -0.1) is 0 Å². The minimum Gasteiger partial charge on any atom is -0.460 e. The van der Waals surface area contributed by atoms with Gasteiger partial charge in [-0.25, -0.2) is 0 Å². The normalized spacial score (nSPS) is 12.8. The molecule has 0 bridgehead atoms. The fourth-order valence-corrected chi connectivity index (χ4v) is 1.84. The summed E-state index contributed by atoms with van der Waals surface area (Å²) in [6, 6.07) is 9.88. The molecule has 0 aliphatic rings. The summed E-state index contributed by atoms with van der Waals surface area (Å²) in [4.78, 5) is 12.0. The van der Waals surface area contributed by atoms with E-state index in [1.165, 1.54) is 0 Å². The van der Waals surface area contributed by atoms with E-state index in [9.17, 15) is 4.79 Å². The van der Waals surface area contributed by atoms with Crippen LogP contribution >= 0.6 is 0 Å². The average molecular weight is 275 g/mol. The molecule has 0 fully saturated rings. The van der Waals surface area contributed by atoms with Gasteiger partial charge in [-0.3, -0.25) is 4.79 Å². The molecule has 0 aromatic heterocycles. The van der Waals surface area contributed by atoms with Crippen molar-refractivity contribution < 1.29 is 9.53 Å². The highest BCUT2D eigenvalue weighted by Crippen LogP contribution is 2.19. The quantitative estimate of drug-likeness (QED) is 0.636. The Hall–Kier alpha value is -1.61. The van der Waals surface area contributed by atoms with E-state index in [2.05, 4.69) is 11.9 Å². The van der Waals surface area contributed by atoms with Crippen LogP contribution in [-0.2, 0) is 9.53 Å². The summed E-state index contributed by atoms with van der Waals surface area (Å²) in [5.74, 6) is -0.194. The van der Waals surface area contributed by atoms with Gasteiger partial charge in [0.15, 0.2) is 0 Å². The Bertz CT molecular complexity index is 446. The lowest BCUT2D eigenvalue weighted by molar-refractivity contribution is -0.155. The van der Waals surface area contributed by atoms with Crippen LogP contribution in [0.2, 0.25) is 0 Å². The fourth-order valence-electron chi connectivity index (χ4n) is 1.84. The number of rotatable bonds is 6. The van der Waals surface area contributed by atoms with Gasteiger partial charge in [0.25, 0.3) is 0 Å². The maximum atomic E-state index is 12.0. The second-order valence-corrected chi connectivity index (χ2v) is 6.09. The molecule has 3 nitrogen and oxygen atoms in total. The van der Waals surface area contributed by atoms with Gasteiger partial charge in [0.1, 0.15) is 5.60 Å². The molecule has 0 aliphatic heterocycles. The van der Waals surface area contributed by atoms with E-state index in [1.807, 2.05) is 58.0 Å². The van der Waals surface area contributed by atoms with Crippen molar-refractivity contribution in [1.29, 1.82) is 0 Å². The smallest absolute Gasteiger partial charge is 0.308 e. The van der Waals surface area contributed by atoms with E-state index in [-0.39, 0.29) is 12.0 Å². The van der Waals surface area contributed by atoms with Crippen LogP contribution in [-0.4, -0.2) is 18.1 Å². The van der Waals surface area contributed by atoms with Crippen LogP contribution in [0.1, 0.15) is 45.7 Å². The van der Waals surface area contributed by atoms with Crippen molar-refractivity contribution >= 4 is 5.97 Å². The number of ether oxygens (including phenoxy) is 1. The van der Waals surface area contributed by atoms with Gasteiger partial charge in [-0.2, -0.15) is 0 Å². The Morgan fingerprint density at radius 1 is 1.30 bits per heavy atom. The molecule has 1 N–H and O–H groups in total. The summed E-state index contributed by atoms with van der Waals surface area (Å²) in [5, 5.41) is 3.35. The molecule has 0 saturated heterocycles. The lowest BCUT2D eigenvalue weighted by Gasteiger charge is -2.23. The zero-order chi connectivity index (χ0) is 15.2. The highest BCUT2D eigenvalue weighted by molar-refractivity contribution is 5.71. The van der Waals surface area contributed by atoms with Crippen molar-refractivity contribution in [3.05, 3.63) is 48.0 Å². The zero-order valence-corrected chi connectivity index (χ0v) is 12.9. The molecule has 0 radical (unpaired) electrons. The van der Waals surface area contributed by atoms with Gasteiger partial charge in [-0.1, -0.05) is 42.5 Å². The van der Waals surface area contributed by atoms with Crippen molar-refractivity contribution in [2.24, 2.45) is 0 Å². The predicted octanol–water partition coefficient (Wildman–Crippen LogP) is 3.63. The highest BCUT2D eigenvalue weighted by atomic mass is 16.6. The third-order valence-corrected chi connectivity index (χ3v) is 2.64. The Morgan fingerprint density at radius 2 is 1.90 bits per heavy atom. The number of carbonyl (C=O) groups excluding carboxylic acids is 1. The predicted molar refractivity (Wildman–Crippen MR) is 82.5 cm³/mol. The van der Waals surface area contributed by atoms with Crippen LogP contribution in [0.4, 0.5) is 0 Å². The number of esters is 1. The van der Waals surface area contributed by atoms with Crippen molar-refractivity contribution in [2.75, 3.05) is 6.54 Å². The Labute approximate surface area is 122 Å². The Morgan fingerprint density at radius 3 is 2.40 bits per heavy atom. The molecule has 0 spiro atoms. The highest BCUT2D eigenvalue weighted by Gasteiger charge is 2.21. The molecule has 110 valence electrons. The van der Waals surface area contributed by atoms with Gasteiger partial charge in [-0.05, 0) is 33.3 Å². The van der Waals surface area contributed by atoms with Crippen LogP contribution in [0, 0.1) is 0 Å². The number of nitrogens with one attached hydrogen (secondary N) is 1. The van der Waals surface area contributed by atoms with Crippen LogP contribution < -0.4 is 5.32 Å². The summed E-state index contributed by atoms with van der Waals surface area (Å²) in [7, 11) is 0. The van der Waals surface area contributed by atoms with Crippen molar-refractivity contribution in [1.82, 2.24) is 5.32 Å². The first-order chi connectivity index (χ1) is 9.28. The van der Waals surface area contributed by atoms with E-state index in [0.717, 1.165) is 11.1 Å². The second-order valence-electron chi connectivity index (χ2n) is 6.09. The molecule has 20 heavy (non-hydrogen) atoms. The minimum absolute atomic E-state index is 0.0530. The van der Waals surface area contributed by atoms with Crippen LogP contribution in [0.5, 0.6) is 0 Å². The zero-order valence-electron chi connectivity index (χ0n) is 12.9. The molecule has 3 heteroatoms. The van der Waals surface area contributed by atoms with Crippen LogP contribution in [0.15, 0.2) is 42.5 Å². The molecule has 1 atom stereocenters. The van der Waals surface area contributed by atoms with Crippen molar-refractivity contribution in [2.45, 2.75) is 45.8 Å².